The number of fused-ring (bicyclic) bond motifs is 1. The summed E-state index contributed by atoms with van der Waals surface area (Å²) in [7, 11) is 0. The van der Waals surface area contributed by atoms with Crippen molar-refractivity contribution < 1.29 is 19.1 Å². The van der Waals surface area contributed by atoms with Gasteiger partial charge in [0, 0.05) is 17.8 Å². The molecule has 1 aromatic carbocycles. The molecule has 2 heterocycles. The van der Waals surface area contributed by atoms with Crippen LogP contribution in [0.4, 0.5) is 0 Å². The van der Waals surface area contributed by atoms with Crippen molar-refractivity contribution in [1.82, 2.24) is 10.3 Å². The third-order valence-corrected chi connectivity index (χ3v) is 5.93. The standard InChI is InChI=1S/C21H18N4O3S/c1-13-7-8-17-14(9-13)10-15(11-22)20(23-17)29-12-18(26)19-21(27)28-24-25(19)16-5-3-2-4-6-16/h2-6,10,13H,7-9,12H2,1H3. The molecule has 1 atom stereocenters. The van der Waals surface area contributed by atoms with Gasteiger partial charge in [0.1, 0.15) is 11.1 Å². The maximum Gasteiger partial charge on any atom is 0.307 e. The molecule has 1 unspecified atom stereocenters. The molecule has 0 amide bonds. The summed E-state index contributed by atoms with van der Waals surface area (Å²) in [6.45, 7) is 2.19. The molecule has 1 aliphatic carbocycles. The topological polar surface area (TPSA) is 107 Å². The van der Waals surface area contributed by atoms with Crippen LogP contribution in [0.5, 0.6) is 5.95 Å². The van der Waals surface area contributed by atoms with Gasteiger partial charge in [-0.05, 0) is 41.5 Å². The maximum atomic E-state index is 12.8. The van der Waals surface area contributed by atoms with Gasteiger partial charge in [0.25, 0.3) is 0 Å². The second kappa shape index (κ2) is 8.05. The number of hydrogen-bond acceptors (Lipinski definition) is 7. The first-order chi connectivity index (χ1) is 14.1. The zero-order chi connectivity index (χ0) is 20.4. The van der Waals surface area contributed by atoms with Gasteiger partial charge in [-0.15, -0.1) is 0 Å². The van der Waals surface area contributed by atoms with E-state index in [4.69, 9.17) is 4.52 Å². The average molecular weight is 406 g/mol. The van der Waals surface area contributed by atoms with Crippen LogP contribution in [0, 0.1) is 17.2 Å². The highest BCUT2D eigenvalue weighted by atomic mass is 32.2. The highest BCUT2D eigenvalue weighted by Gasteiger charge is 2.28. The molecule has 0 N–H and O–H groups in total. The average Bonchev–Trinajstić information content (AvgIpc) is 3.13. The molecular weight excluding hydrogens is 388 g/mol. The van der Waals surface area contributed by atoms with Crippen LogP contribution in [0.25, 0.3) is 5.69 Å². The smallest absolute Gasteiger partial charge is 0.307 e. The Hall–Kier alpha value is -3.18. The minimum atomic E-state index is -0.785. The van der Waals surface area contributed by atoms with E-state index >= 15 is 0 Å². The van der Waals surface area contributed by atoms with E-state index in [0.717, 1.165) is 42.3 Å². The molecule has 3 aromatic rings. The minimum Gasteiger partial charge on any atom is -0.539 e. The largest absolute Gasteiger partial charge is 0.539 e. The third-order valence-electron chi connectivity index (χ3n) is 4.93. The number of hydrogen-bond donors (Lipinski definition) is 0. The van der Waals surface area contributed by atoms with Crippen molar-refractivity contribution in [3.05, 3.63) is 58.9 Å². The molecule has 146 valence electrons. The molecule has 0 saturated heterocycles. The molecule has 8 heteroatoms. The van der Waals surface area contributed by atoms with Crippen molar-refractivity contribution >= 4 is 17.5 Å². The van der Waals surface area contributed by atoms with Gasteiger partial charge in [0.15, 0.2) is 5.95 Å². The highest BCUT2D eigenvalue weighted by Crippen LogP contribution is 2.30. The summed E-state index contributed by atoms with van der Waals surface area (Å²) in [4.78, 5) is 17.4. The Morgan fingerprint density at radius 3 is 2.97 bits per heavy atom. The van der Waals surface area contributed by atoms with Gasteiger partial charge in [0.2, 0.25) is 11.5 Å². The Kier molecular flexibility index (Phi) is 5.32. The molecule has 0 spiro atoms. The number of benzene rings is 1. The normalized spacial score (nSPS) is 15.5. The second-order valence-electron chi connectivity index (χ2n) is 7.07. The lowest BCUT2D eigenvalue weighted by atomic mass is 9.87. The number of pyridine rings is 1. The van der Waals surface area contributed by atoms with Crippen LogP contribution in [0.1, 0.15) is 40.7 Å². The summed E-state index contributed by atoms with van der Waals surface area (Å²) in [6, 6.07) is 12.9. The first-order valence-corrected chi connectivity index (χ1v) is 10.3. The molecular formula is C21H18N4O3S. The number of Topliss-reactive ketones (excluding diaryl/α,β-unsaturated/α-hetero) is 1. The lowest BCUT2D eigenvalue weighted by molar-refractivity contribution is -0.672. The van der Waals surface area contributed by atoms with Crippen molar-refractivity contribution in [2.75, 3.05) is 5.75 Å². The van der Waals surface area contributed by atoms with Gasteiger partial charge in [-0.1, -0.05) is 36.9 Å². The lowest BCUT2D eigenvalue weighted by Gasteiger charge is -2.21. The van der Waals surface area contributed by atoms with Crippen molar-refractivity contribution in [3.63, 3.8) is 0 Å². The number of rotatable bonds is 5. The number of ketones is 1. The molecule has 4 rings (SSSR count). The van der Waals surface area contributed by atoms with Crippen LogP contribution in [0.15, 0.2) is 45.9 Å². The summed E-state index contributed by atoms with van der Waals surface area (Å²) in [5.41, 5.74) is 2.98. The summed E-state index contributed by atoms with van der Waals surface area (Å²) in [5.74, 6) is -0.678. The van der Waals surface area contributed by atoms with Gasteiger partial charge >= 0.3 is 5.69 Å². The first-order valence-electron chi connectivity index (χ1n) is 9.30. The van der Waals surface area contributed by atoms with Crippen LogP contribution in [-0.2, 0) is 12.8 Å². The van der Waals surface area contributed by atoms with E-state index in [1.54, 1.807) is 24.3 Å². The molecule has 0 aliphatic heterocycles. The molecule has 0 fully saturated rings. The summed E-state index contributed by atoms with van der Waals surface area (Å²) in [6.07, 6.45) is 2.85. The lowest BCUT2D eigenvalue weighted by Crippen LogP contribution is -2.39. The quantitative estimate of drug-likeness (QED) is 0.364. The van der Waals surface area contributed by atoms with E-state index in [2.05, 4.69) is 23.2 Å². The Morgan fingerprint density at radius 2 is 2.21 bits per heavy atom. The van der Waals surface area contributed by atoms with Crippen molar-refractivity contribution in [2.45, 2.75) is 31.2 Å². The molecule has 2 aromatic heterocycles. The van der Waals surface area contributed by atoms with E-state index in [1.165, 1.54) is 4.68 Å². The van der Waals surface area contributed by atoms with E-state index in [9.17, 15) is 15.2 Å². The van der Waals surface area contributed by atoms with Gasteiger partial charge in [-0.3, -0.25) is 4.79 Å². The van der Waals surface area contributed by atoms with E-state index in [0.29, 0.717) is 22.2 Å². The summed E-state index contributed by atoms with van der Waals surface area (Å²) in [5, 5.41) is 25.8. The predicted molar refractivity (Wildman–Crippen MR) is 103 cm³/mol. The minimum absolute atomic E-state index is 0.0415. The SMILES string of the molecule is CC1CCc2nc(SCC(=O)c3c([O-])on[n+]3-c3ccccc3)c(C#N)cc2C1. The fourth-order valence-corrected chi connectivity index (χ4v) is 4.29. The third kappa shape index (κ3) is 3.87. The fourth-order valence-electron chi connectivity index (χ4n) is 3.45. The van der Waals surface area contributed by atoms with Crippen LogP contribution in [0.2, 0.25) is 0 Å². The van der Waals surface area contributed by atoms with E-state index in [1.807, 2.05) is 12.1 Å². The Balaban J connectivity index is 1.57. The molecule has 7 nitrogen and oxygen atoms in total. The molecule has 0 saturated carbocycles. The monoisotopic (exact) mass is 406 g/mol. The van der Waals surface area contributed by atoms with Crippen molar-refractivity contribution in [3.8, 4) is 17.7 Å². The van der Waals surface area contributed by atoms with Crippen LogP contribution in [-0.4, -0.2) is 21.8 Å². The fraction of sp³-hybridized carbons (Fsp3) is 0.286. The van der Waals surface area contributed by atoms with Crippen molar-refractivity contribution in [2.24, 2.45) is 5.92 Å². The number of carbonyl (C=O) groups excluding carboxylic acids is 1. The second-order valence-corrected chi connectivity index (χ2v) is 8.04. The van der Waals surface area contributed by atoms with Crippen LogP contribution >= 0.6 is 11.8 Å². The van der Waals surface area contributed by atoms with Crippen LogP contribution in [0.3, 0.4) is 0 Å². The Bertz CT molecular complexity index is 1110. The Labute approximate surface area is 172 Å². The van der Waals surface area contributed by atoms with Gasteiger partial charge < -0.3 is 9.63 Å². The first kappa shape index (κ1) is 19.2. The van der Waals surface area contributed by atoms with Gasteiger partial charge in [-0.25, -0.2) is 4.98 Å². The summed E-state index contributed by atoms with van der Waals surface area (Å²) >= 11 is 1.16. The molecule has 0 bridgehead atoms. The molecule has 0 radical (unpaired) electrons. The van der Waals surface area contributed by atoms with Gasteiger partial charge in [-0.2, -0.15) is 5.26 Å². The van der Waals surface area contributed by atoms with Crippen LogP contribution < -0.4 is 9.79 Å². The number of aryl methyl sites for hydroxylation is 1. The summed E-state index contributed by atoms with van der Waals surface area (Å²) < 4.78 is 5.92. The van der Waals surface area contributed by atoms with Crippen molar-refractivity contribution in [1.29, 1.82) is 5.26 Å². The number of carbonyl (C=O) groups is 1. The van der Waals surface area contributed by atoms with Gasteiger partial charge in [0.05, 0.1) is 16.6 Å². The number of thioether (sulfide) groups is 1. The number of nitriles is 1. The number of nitrogens with zero attached hydrogens (tertiary/aromatic N) is 4. The number of aromatic nitrogens is 3. The maximum absolute atomic E-state index is 12.8. The molecule has 29 heavy (non-hydrogen) atoms. The van der Waals surface area contributed by atoms with E-state index in [-0.39, 0.29) is 11.4 Å². The Morgan fingerprint density at radius 1 is 1.41 bits per heavy atom. The highest BCUT2D eigenvalue weighted by molar-refractivity contribution is 8.00. The molecule has 1 aliphatic rings. The predicted octanol–water partition coefficient (Wildman–Crippen LogP) is 2.39. The number of para-hydroxylation sites is 1. The zero-order valence-corrected chi connectivity index (χ0v) is 16.6. The zero-order valence-electron chi connectivity index (χ0n) is 15.8. The van der Waals surface area contributed by atoms with E-state index < -0.39 is 11.7 Å².